The van der Waals surface area contributed by atoms with Crippen molar-refractivity contribution in [2.45, 2.75) is 51.9 Å². The summed E-state index contributed by atoms with van der Waals surface area (Å²) in [5, 5.41) is 2.12. The molecule has 7 aromatic carbocycles. The maximum atomic E-state index is 6.12. The van der Waals surface area contributed by atoms with Crippen molar-refractivity contribution < 1.29 is 4.42 Å². The molecule has 4 nitrogen and oxygen atoms in total. The first-order valence-corrected chi connectivity index (χ1v) is 20.0. The second kappa shape index (κ2) is 13.8. The van der Waals surface area contributed by atoms with Gasteiger partial charge in [-0.3, -0.25) is 0 Å². The number of fused-ring (bicyclic) bond motifs is 6. The lowest BCUT2D eigenvalue weighted by Gasteiger charge is -2.25. The first-order chi connectivity index (χ1) is 27.9. The normalized spacial score (nSPS) is 13.5. The predicted octanol–water partition coefficient (Wildman–Crippen LogP) is 13.8. The second-order valence-electron chi connectivity index (χ2n) is 15.9. The maximum Gasteiger partial charge on any atom is 0.164 e. The zero-order valence-corrected chi connectivity index (χ0v) is 32.8. The lowest BCUT2D eigenvalue weighted by molar-refractivity contribution is 0.655. The van der Waals surface area contributed by atoms with Crippen LogP contribution in [0.2, 0.25) is 0 Å². The summed E-state index contributed by atoms with van der Waals surface area (Å²) in [6.45, 7) is 9.37. The Morgan fingerprint density at radius 2 is 1.12 bits per heavy atom. The molecule has 1 atom stereocenters. The highest BCUT2D eigenvalue weighted by atomic mass is 16.3. The van der Waals surface area contributed by atoms with Crippen LogP contribution in [-0.4, -0.2) is 15.0 Å². The van der Waals surface area contributed by atoms with Gasteiger partial charge in [-0.1, -0.05) is 154 Å². The predicted molar refractivity (Wildman–Crippen MR) is 234 cm³/mol. The van der Waals surface area contributed by atoms with E-state index >= 15 is 0 Å². The Bertz CT molecular complexity index is 2960. The number of rotatable bonds is 8. The fourth-order valence-electron chi connectivity index (χ4n) is 9.28. The van der Waals surface area contributed by atoms with Crippen molar-refractivity contribution in [1.82, 2.24) is 15.0 Å². The third kappa shape index (κ3) is 5.95. The van der Waals surface area contributed by atoms with Crippen molar-refractivity contribution in [3.05, 3.63) is 186 Å². The molecule has 0 spiro atoms. The molecule has 0 saturated carbocycles. The van der Waals surface area contributed by atoms with E-state index in [1.54, 1.807) is 0 Å². The van der Waals surface area contributed by atoms with Gasteiger partial charge in [0.05, 0.1) is 0 Å². The first-order valence-electron chi connectivity index (χ1n) is 20.0. The Morgan fingerprint density at radius 1 is 0.526 bits per heavy atom. The van der Waals surface area contributed by atoms with Crippen LogP contribution in [-0.2, 0) is 11.8 Å². The van der Waals surface area contributed by atoms with Gasteiger partial charge in [0, 0.05) is 32.9 Å². The lowest BCUT2D eigenvalue weighted by atomic mass is 9.78. The van der Waals surface area contributed by atoms with Crippen LogP contribution in [0.15, 0.2) is 162 Å². The van der Waals surface area contributed by atoms with Gasteiger partial charge in [0.2, 0.25) is 0 Å². The SMILES string of the molecule is CCC(Cc1ccccc1-c1ccc2c(c1C)C(C)(C)c1ccccc1-2)c1ccc(-c2nc(-c3ccccc3)nc(-c3ccc4oc5ccccc5c4c3)n2)cc1. The summed E-state index contributed by atoms with van der Waals surface area (Å²) in [6.07, 6.45) is 1.98. The number of hydrogen-bond donors (Lipinski definition) is 0. The van der Waals surface area contributed by atoms with Crippen molar-refractivity contribution in [3.63, 3.8) is 0 Å². The van der Waals surface area contributed by atoms with Gasteiger partial charge in [-0.15, -0.1) is 0 Å². The molecule has 1 aliphatic rings. The van der Waals surface area contributed by atoms with Crippen LogP contribution < -0.4 is 0 Å². The largest absolute Gasteiger partial charge is 0.456 e. The van der Waals surface area contributed by atoms with Crippen molar-refractivity contribution in [1.29, 1.82) is 0 Å². The Kier molecular flexibility index (Phi) is 8.44. The van der Waals surface area contributed by atoms with Gasteiger partial charge in [-0.2, -0.15) is 0 Å². The third-order valence-electron chi connectivity index (χ3n) is 12.2. The van der Waals surface area contributed by atoms with E-state index in [9.17, 15) is 0 Å². The number of hydrogen-bond acceptors (Lipinski definition) is 4. The second-order valence-corrected chi connectivity index (χ2v) is 15.9. The quantitative estimate of drug-likeness (QED) is 0.156. The van der Waals surface area contributed by atoms with Crippen LogP contribution in [0, 0.1) is 6.92 Å². The zero-order valence-electron chi connectivity index (χ0n) is 32.8. The van der Waals surface area contributed by atoms with Crippen LogP contribution >= 0.6 is 0 Å². The minimum Gasteiger partial charge on any atom is -0.456 e. The van der Waals surface area contributed by atoms with Gasteiger partial charge in [0.1, 0.15) is 11.2 Å². The Hall–Kier alpha value is -6.65. The molecule has 57 heavy (non-hydrogen) atoms. The average Bonchev–Trinajstić information content (AvgIpc) is 3.75. The highest BCUT2D eigenvalue weighted by Gasteiger charge is 2.37. The van der Waals surface area contributed by atoms with E-state index in [2.05, 4.69) is 125 Å². The van der Waals surface area contributed by atoms with Gasteiger partial charge < -0.3 is 4.42 Å². The molecule has 0 saturated heterocycles. The summed E-state index contributed by atoms with van der Waals surface area (Å²) in [5.74, 6) is 2.28. The molecule has 9 aromatic rings. The molecular weight excluding hydrogens is 695 g/mol. The molecule has 10 rings (SSSR count). The monoisotopic (exact) mass is 737 g/mol. The van der Waals surface area contributed by atoms with Crippen LogP contribution in [0.5, 0.6) is 0 Å². The summed E-state index contributed by atoms with van der Waals surface area (Å²) in [7, 11) is 0. The first kappa shape index (κ1) is 34.8. The van der Waals surface area contributed by atoms with E-state index in [0.29, 0.717) is 23.4 Å². The molecule has 4 heteroatoms. The van der Waals surface area contributed by atoms with Crippen LogP contribution in [0.25, 0.3) is 78.4 Å². The summed E-state index contributed by atoms with van der Waals surface area (Å²) < 4.78 is 6.12. The number of aromatic nitrogens is 3. The number of nitrogens with zero attached hydrogens (tertiary/aromatic N) is 3. The molecule has 0 radical (unpaired) electrons. The van der Waals surface area contributed by atoms with Gasteiger partial charge in [-0.25, -0.2) is 15.0 Å². The maximum absolute atomic E-state index is 6.12. The highest BCUT2D eigenvalue weighted by molar-refractivity contribution is 6.06. The molecule has 0 fully saturated rings. The van der Waals surface area contributed by atoms with Gasteiger partial charge in [-0.05, 0) is 100 Å². The van der Waals surface area contributed by atoms with Crippen molar-refractivity contribution in [2.75, 3.05) is 0 Å². The topological polar surface area (TPSA) is 51.8 Å². The summed E-state index contributed by atoms with van der Waals surface area (Å²) >= 11 is 0. The summed E-state index contributed by atoms with van der Waals surface area (Å²) in [4.78, 5) is 15.1. The summed E-state index contributed by atoms with van der Waals surface area (Å²) in [5.41, 5.74) is 16.8. The Morgan fingerprint density at radius 3 is 1.89 bits per heavy atom. The van der Waals surface area contributed by atoms with E-state index < -0.39 is 0 Å². The van der Waals surface area contributed by atoms with Crippen molar-refractivity contribution in [3.8, 4) is 56.4 Å². The summed E-state index contributed by atoms with van der Waals surface area (Å²) in [6, 6.07) is 56.0. The van der Waals surface area contributed by atoms with Crippen LogP contribution in [0.1, 0.15) is 60.9 Å². The van der Waals surface area contributed by atoms with E-state index in [4.69, 9.17) is 19.4 Å². The van der Waals surface area contributed by atoms with Gasteiger partial charge >= 0.3 is 0 Å². The molecule has 1 aliphatic carbocycles. The minimum atomic E-state index is -0.0435. The van der Waals surface area contributed by atoms with Gasteiger partial charge in [0.15, 0.2) is 17.5 Å². The molecule has 0 bridgehead atoms. The highest BCUT2D eigenvalue weighted by Crippen LogP contribution is 2.51. The smallest absolute Gasteiger partial charge is 0.164 e. The molecule has 0 N–H and O–H groups in total. The van der Waals surface area contributed by atoms with Crippen LogP contribution in [0.4, 0.5) is 0 Å². The molecule has 2 aromatic heterocycles. The third-order valence-corrected chi connectivity index (χ3v) is 12.2. The lowest BCUT2D eigenvalue weighted by Crippen LogP contribution is -2.17. The number of benzene rings is 7. The van der Waals surface area contributed by atoms with E-state index in [-0.39, 0.29) is 5.41 Å². The Balaban J connectivity index is 0.983. The van der Waals surface area contributed by atoms with Gasteiger partial charge in [0.25, 0.3) is 0 Å². The molecule has 1 unspecified atom stereocenters. The average molecular weight is 738 g/mol. The van der Waals surface area contributed by atoms with Crippen molar-refractivity contribution in [2.24, 2.45) is 0 Å². The fraction of sp³-hybridized carbons (Fsp3) is 0.151. The molecule has 0 amide bonds. The standard InChI is InChI=1S/C53H43N3O/c1-5-34(31-38-17-9-10-18-41(38)40-28-29-44-42-19-11-13-21-46(42)53(3,4)49(44)33(40)2)35-23-25-37(26-24-35)51-54-50(36-15-7-6-8-16-36)55-52(56-51)39-27-30-48-45(32-39)43-20-12-14-22-47(43)57-48/h6-30,32,34H,5,31H2,1-4H3. The molecule has 0 aliphatic heterocycles. The number of furan rings is 1. The Labute approximate surface area is 334 Å². The van der Waals surface area contributed by atoms with Crippen molar-refractivity contribution >= 4 is 21.9 Å². The fourth-order valence-corrected chi connectivity index (χ4v) is 9.28. The molecular formula is C53H43N3O. The number of para-hydroxylation sites is 1. The molecule has 2 heterocycles. The van der Waals surface area contributed by atoms with E-state index in [1.165, 1.54) is 50.1 Å². The van der Waals surface area contributed by atoms with E-state index in [0.717, 1.165) is 51.5 Å². The zero-order chi connectivity index (χ0) is 38.7. The van der Waals surface area contributed by atoms with E-state index in [1.807, 2.05) is 60.7 Å². The minimum absolute atomic E-state index is 0.0435. The molecule has 276 valence electrons. The van der Waals surface area contributed by atoms with Crippen LogP contribution in [0.3, 0.4) is 0 Å².